The monoisotopic (exact) mass is 270 g/mol. The third-order valence-corrected chi connectivity index (χ3v) is 3.06. The van der Waals surface area contributed by atoms with Gasteiger partial charge in [0.15, 0.2) is 0 Å². The first-order valence-electron chi connectivity index (χ1n) is 5.08. The molecule has 1 atom stereocenters. The number of hydrogen-bond acceptors (Lipinski definition) is 2. The quantitative estimate of drug-likeness (QED) is 0.849. The Balaban J connectivity index is 2.53. The molecule has 0 amide bonds. The van der Waals surface area contributed by atoms with Gasteiger partial charge in [-0.3, -0.25) is 0 Å². The van der Waals surface area contributed by atoms with E-state index in [-0.39, 0.29) is 5.60 Å². The number of aliphatic hydroxyl groups excluding tert-OH is 1. The highest BCUT2D eigenvalue weighted by Crippen LogP contribution is 2.41. The van der Waals surface area contributed by atoms with Crippen molar-refractivity contribution in [2.45, 2.75) is 38.9 Å². The molecule has 0 saturated carbocycles. The van der Waals surface area contributed by atoms with Crippen molar-refractivity contribution in [3.63, 3.8) is 0 Å². The zero-order valence-corrected chi connectivity index (χ0v) is 10.8. The van der Waals surface area contributed by atoms with E-state index in [0.29, 0.717) is 0 Å². The zero-order chi connectivity index (χ0) is 11.2. The summed E-state index contributed by atoms with van der Waals surface area (Å²) in [6.45, 7) is 5.89. The fourth-order valence-corrected chi connectivity index (χ4v) is 2.53. The summed E-state index contributed by atoms with van der Waals surface area (Å²) in [4.78, 5) is 0. The van der Waals surface area contributed by atoms with E-state index >= 15 is 0 Å². The third-order valence-electron chi connectivity index (χ3n) is 2.60. The van der Waals surface area contributed by atoms with Gasteiger partial charge in [-0.1, -0.05) is 15.9 Å². The highest BCUT2D eigenvalue weighted by Gasteiger charge is 2.32. The van der Waals surface area contributed by atoms with Crippen LogP contribution in [0.3, 0.4) is 0 Å². The standard InChI is InChI=1S/C12H15BrO2/c1-7(14)10-5-9(13)4-8-6-12(2,3)15-11(8)10/h4-5,7,14H,6H2,1-3H3. The number of rotatable bonds is 1. The number of hydrogen-bond donors (Lipinski definition) is 1. The van der Waals surface area contributed by atoms with E-state index in [1.165, 1.54) is 5.56 Å². The summed E-state index contributed by atoms with van der Waals surface area (Å²) in [6.07, 6.45) is 0.395. The van der Waals surface area contributed by atoms with Crippen LogP contribution in [0.1, 0.15) is 38.0 Å². The second kappa shape index (κ2) is 3.49. The van der Waals surface area contributed by atoms with Gasteiger partial charge in [0.05, 0.1) is 6.10 Å². The molecule has 1 heterocycles. The molecule has 82 valence electrons. The van der Waals surface area contributed by atoms with Crippen molar-refractivity contribution < 1.29 is 9.84 Å². The van der Waals surface area contributed by atoms with Crippen LogP contribution < -0.4 is 4.74 Å². The average Bonchev–Trinajstić information content (AvgIpc) is 2.36. The van der Waals surface area contributed by atoms with Gasteiger partial charge < -0.3 is 9.84 Å². The van der Waals surface area contributed by atoms with E-state index in [2.05, 4.69) is 35.8 Å². The molecule has 0 aromatic heterocycles. The summed E-state index contributed by atoms with van der Waals surface area (Å²) >= 11 is 3.45. The maximum atomic E-state index is 9.68. The summed E-state index contributed by atoms with van der Waals surface area (Å²) in [5.74, 6) is 0.859. The molecule has 0 saturated heterocycles. The molecule has 1 aromatic carbocycles. The lowest BCUT2D eigenvalue weighted by Crippen LogP contribution is -2.25. The third kappa shape index (κ3) is 2.04. The van der Waals surface area contributed by atoms with E-state index in [1.54, 1.807) is 6.92 Å². The Labute approximate surface area is 98.4 Å². The second-order valence-electron chi connectivity index (χ2n) is 4.70. The number of benzene rings is 1. The lowest BCUT2D eigenvalue weighted by molar-refractivity contribution is 0.129. The van der Waals surface area contributed by atoms with Gasteiger partial charge in [0.1, 0.15) is 11.4 Å². The number of halogens is 1. The van der Waals surface area contributed by atoms with Crippen LogP contribution in [0, 0.1) is 0 Å². The van der Waals surface area contributed by atoms with Crippen LogP contribution in [-0.4, -0.2) is 10.7 Å². The van der Waals surface area contributed by atoms with E-state index in [0.717, 1.165) is 22.2 Å². The molecule has 0 spiro atoms. The van der Waals surface area contributed by atoms with E-state index < -0.39 is 6.10 Å². The lowest BCUT2D eigenvalue weighted by atomic mass is 9.99. The smallest absolute Gasteiger partial charge is 0.129 e. The molecule has 1 aromatic rings. The first-order chi connectivity index (χ1) is 6.89. The van der Waals surface area contributed by atoms with Gasteiger partial charge in [0, 0.05) is 16.5 Å². The molecular weight excluding hydrogens is 256 g/mol. The maximum absolute atomic E-state index is 9.68. The van der Waals surface area contributed by atoms with Crippen molar-refractivity contribution in [1.82, 2.24) is 0 Å². The summed E-state index contributed by atoms with van der Waals surface area (Å²) in [6, 6.07) is 3.99. The summed E-state index contributed by atoms with van der Waals surface area (Å²) < 4.78 is 6.86. The Morgan fingerprint density at radius 2 is 2.13 bits per heavy atom. The van der Waals surface area contributed by atoms with Crippen LogP contribution in [-0.2, 0) is 6.42 Å². The van der Waals surface area contributed by atoms with E-state index in [1.807, 2.05) is 6.07 Å². The van der Waals surface area contributed by atoms with Crippen LogP contribution in [0.5, 0.6) is 5.75 Å². The van der Waals surface area contributed by atoms with E-state index in [9.17, 15) is 5.11 Å². The first-order valence-corrected chi connectivity index (χ1v) is 5.88. The normalized spacial score (nSPS) is 19.5. The highest BCUT2D eigenvalue weighted by atomic mass is 79.9. The molecule has 1 N–H and O–H groups in total. The topological polar surface area (TPSA) is 29.5 Å². The molecule has 15 heavy (non-hydrogen) atoms. The van der Waals surface area contributed by atoms with Crippen molar-refractivity contribution >= 4 is 15.9 Å². The van der Waals surface area contributed by atoms with Gasteiger partial charge in [-0.25, -0.2) is 0 Å². The van der Waals surface area contributed by atoms with Crippen LogP contribution in [0.15, 0.2) is 16.6 Å². The van der Waals surface area contributed by atoms with Gasteiger partial charge in [0.2, 0.25) is 0 Å². The van der Waals surface area contributed by atoms with E-state index in [4.69, 9.17) is 4.74 Å². The van der Waals surface area contributed by atoms with Crippen molar-refractivity contribution in [2.24, 2.45) is 0 Å². The minimum atomic E-state index is -0.495. The number of aliphatic hydroxyl groups is 1. The Morgan fingerprint density at radius 1 is 1.47 bits per heavy atom. The second-order valence-corrected chi connectivity index (χ2v) is 5.61. The van der Waals surface area contributed by atoms with Gasteiger partial charge >= 0.3 is 0 Å². The van der Waals surface area contributed by atoms with Crippen LogP contribution in [0.4, 0.5) is 0 Å². The maximum Gasteiger partial charge on any atom is 0.129 e. The summed E-state index contributed by atoms with van der Waals surface area (Å²) in [5, 5.41) is 9.68. The predicted octanol–water partition coefficient (Wildman–Crippen LogP) is 3.22. The van der Waals surface area contributed by atoms with Crippen molar-refractivity contribution in [1.29, 1.82) is 0 Å². The SMILES string of the molecule is CC(O)c1cc(Br)cc2c1OC(C)(C)C2. The predicted molar refractivity (Wildman–Crippen MR) is 63.2 cm³/mol. The molecule has 0 radical (unpaired) electrons. The Bertz CT molecular complexity index is 397. The molecule has 2 rings (SSSR count). The molecule has 0 bridgehead atoms. The van der Waals surface area contributed by atoms with Crippen molar-refractivity contribution in [3.8, 4) is 5.75 Å². The summed E-state index contributed by atoms with van der Waals surface area (Å²) in [5.41, 5.74) is 1.88. The minimum Gasteiger partial charge on any atom is -0.487 e. The fraction of sp³-hybridized carbons (Fsp3) is 0.500. The van der Waals surface area contributed by atoms with Gasteiger partial charge in [-0.05, 0) is 38.5 Å². The molecular formula is C12H15BrO2. The van der Waals surface area contributed by atoms with Crippen molar-refractivity contribution in [3.05, 3.63) is 27.7 Å². The largest absolute Gasteiger partial charge is 0.487 e. The van der Waals surface area contributed by atoms with Gasteiger partial charge in [-0.15, -0.1) is 0 Å². The molecule has 0 aliphatic carbocycles. The van der Waals surface area contributed by atoms with Gasteiger partial charge in [0.25, 0.3) is 0 Å². The minimum absolute atomic E-state index is 0.160. The van der Waals surface area contributed by atoms with Crippen molar-refractivity contribution in [2.75, 3.05) is 0 Å². The molecule has 3 heteroatoms. The molecule has 0 fully saturated rings. The van der Waals surface area contributed by atoms with Crippen LogP contribution in [0.25, 0.3) is 0 Å². The Hall–Kier alpha value is -0.540. The lowest BCUT2D eigenvalue weighted by Gasteiger charge is -2.19. The highest BCUT2D eigenvalue weighted by molar-refractivity contribution is 9.10. The zero-order valence-electron chi connectivity index (χ0n) is 9.17. The fourth-order valence-electron chi connectivity index (χ4n) is 2.01. The van der Waals surface area contributed by atoms with Gasteiger partial charge in [-0.2, -0.15) is 0 Å². The Kier molecular flexibility index (Phi) is 2.55. The molecule has 1 aliphatic rings. The number of ether oxygens (including phenoxy) is 1. The Morgan fingerprint density at radius 3 is 2.73 bits per heavy atom. The average molecular weight is 271 g/mol. The first kappa shape index (κ1) is 11.0. The molecule has 1 aliphatic heterocycles. The summed E-state index contributed by atoms with van der Waals surface area (Å²) in [7, 11) is 0. The molecule has 2 nitrogen and oxygen atoms in total. The van der Waals surface area contributed by atoms with Crippen LogP contribution in [0.2, 0.25) is 0 Å². The van der Waals surface area contributed by atoms with Crippen LogP contribution >= 0.6 is 15.9 Å². The number of fused-ring (bicyclic) bond motifs is 1. The molecule has 1 unspecified atom stereocenters.